The van der Waals surface area contributed by atoms with Crippen molar-refractivity contribution in [1.29, 1.82) is 0 Å². The van der Waals surface area contributed by atoms with E-state index in [2.05, 4.69) is 31.2 Å². The Labute approximate surface area is 96.6 Å². The molecule has 1 spiro atoms. The van der Waals surface area contributed by atoms with Crippen LogP contribution in [0.4, 0.5) is 0 Å². The van der Waals surface area contributed by atoms with E-state index in [4.69, 9.17) is 4.74 Å². The van der Waals surface area contributed by atoms with Crippen LogP contribution in [-0.2, 0) is 11.2 Å². The summed E-state index contributed by atoms with van der Waals surface area (Å²) in [5, 5.41) is 3.31. The molecule has 0 saturated carbocycles. The van der Waals surface area contributed by atoms with Crippen LogP contribution in [0.2, 0.25) is 0 Å². The van der Waals surface area contributed by atoms with Gasteiger partial charge in [0.2, 0.25) is 0 Å². The lowest BCUT2D eigenvalue weighted by Crippen LogP contribution is -2.69. The molecule has 2 saturated heterocycles. The van der Waals surface area contributed by atoms with E-state index in [1.165, 1.54) is 0 Å². The molecule has 2 aliphatic rings. The smallest absolute Gasteiger partial charge is 0.124 e. The van der Waals surface area contributed by atoms with E-state index in [1.807, 2.05) is 6.20 Å². The zero-order valence-corrected chi connectivity index (χ0v) is 9.83. The minimum Gasteiger partial charge on any atom is -0.376 e. The Morgan fingerprint density at radius 1 is 1.47 bits per heavy atom. The summed E-state index contributed by atoms with van der Waals surface area (Å²) in [6.45, 7) is 3.07. The van der Waals surface area contributed by atoms with Crippen molar-refractivity contribution in [3.05, 3.63) is 22.7 Å². The van der Waals surface area contributed by atoms with Crippen LogP contribution in [-0.4, -0.2) is 35.8 Å². The van der Waals surface area contributed by atoms with E-state index in [9.17, 15) is 0 Å². The summed E-state index contributed by atoms with van der Waals surface area (Å²) in [7, 11) is 0. The van der Waals surface area contributed by atoms with Gasteiger partial charge in [-0.25, -0.2) is 4.98 Å². The Bertz CT molecular complexity index is 358. The third-order valence-corrected chi connectivity index (χ3v) is 3.69. The fourth-order valence-corrected chi connectivity index (χ4v) is 2.33. The number of ether oxygens (including phenoxy) is 1. The zero-order valence-electron chi connectivity index (χ0n) is 8.24. The molecule has 15 heavy (non-hydrogen) atoms. The number of halogens is 1. The van der Waals surface area contributed by atoms with E-state index in [-0.39, 0.29) is 0 Å². The molecule has 80 valence electrons. The third-order valence-electron chi connectivity index (χ3n) is 3.28. The Morgan fingerprint density at radius 3 is 2.80 bits per heavy atom. The van der Waals surface area contributed by atoms with Gasteiger partial charge in [0.1, 0.15) is 4.60 Å². The number of rotatable bonds is 2. The minimum atomic E-state index is 0.328. The van der Waals surface area contributed by atoms with Crippen LogP contribution in [0.3, 0.4) is 0 Å². The maximum Gasteiger partial charge on any atom is 0.124 e. The summed E-state index contributed by atoms with van der Waals surface area (Å²) >= 11 is 3.28. The molecule has 3 heterocycles. The summed E-state index contributed by atoms with van der Waals surface area (Å²) in [5.74, 6) is 0. The van der Waals surface area contributed by atoms with Gasteiger partial charge in [-0.15, -0.1) is 0 Å². The second-order valence-corrected chi connectivity index (χ2v) is 5.11. The Kier molecular flexibility index (Phi) is 2.26. The van der Waals surface area contributed by atoms with E-state index in [0.717, 1.165) is 36.4 Å². The average molecular weight is 270 g/mol. The second kappa shape index (κ2) is 3.50. The monoisotopic (exact) mass is 269 g/mol. The molecule has 1 N–H and O–H groups in total. The van der Waals surface area contributed by atoms with Gasteiger partial charge in [-0.3, -0.25) is 4.98 Å². The van der Waals surface area contributed by atoms with E-state index < -0.39 is 0 Å². The molecule has 0 bridgehead atoms. The maximum atomic E-state index is 5.60. The fourth-order valence-electron chi connectivity index (χ4n) is 2.12. The molecule has 1 aromatic rings. The molecule has 0 aliphatic carbocycles. The molecule has 0 amide bonds. The standard InChI is InChI=1S/C10H12BrN3O/c11-9-3-13-7(2-14-9)1-8-10(6-15-8)4-12-5-10/h2-3,8,12H,1,4-6H2. The predicted molar refractivity (Wildman–Crippen MR) is 58.5 cm³/mol. The van der Waals surface area contributed by atoms with Crippen LogP contribution in [0.1, 0.15) is 5.69 Å². The number of nitrogens with zero attached hydrogens (tertiary/aromatic N) is 2. The van der Waals surface area contributed by atoms with Gasteiger partial charge in [0.25, 0.3) is 0 Å². The largest absolute Gasteiger partial charge is 0.376 e. The van der Waals surface area contributed by atoms with Crippen molar-refractivity contribution in [2.24, 2.45) is 5.41 Å². The topological polar surface area (TPSA) is 47.0 Å². The SMILES string of the molecule is Brc1cnc(CC2OCC23CNC3)cn1. The van der Waals surface area contributed by atoms with Crippen LogP contribution < -0.4 is 5.32 Å². The quantitative estimate of drug-likeness (QED) is 0.862. The zero-order chi connectivity index (χ0) is 10.3. The summed E-state index contributed by atoms with van der Waals surface area (Å²) in [5.41, 5.74) is 1.41. The second-order valence-electron chi connectivity index (χ2n) is 4.30. The van der Waals surface area contributed by atoms with Gasteiger partial charge in [-0.1, -0.05) is 0 Å². The molecule has 0 radical (unpaired) electrons. The van der Waals surface area contributed by atoms with Crippen molar-refractivity contribution < 1.29 is 4.74 Å². The summed E-state index contributed by atoms with van der Waals surface area (Å²) in [4.78, 5) is 8.48. The highest BCUT2D eigenvalue weighted by Gasteiger charge is 2.52. The highest BCUT2D eigenvalue weighted by Crippen LogP contribution is 2.39. The lowest BCUT2D eigenvalue weighted by Gasteiger charge is -2.55. The van der Waals surface area contributed by atoms with Crippen LogP contribution in [0, 0.1) is 5.41 Å². The number of nitrogens with one attached hydrogen (secondary N) is 1. The first-order chi connectivity index (χ1) is 7.28. The van der Waals surface area contributed by atoms with E-state index >= 15 is 0 Å². The average Bonchev–Trinajstić information content (AvgIpc) is 2.13. The van der Waals surface area contributed by atoms with Crippen molar-refractivity contribution in [2.45, 2.75) is 12.5 Å². The number of hydrogen-bond acceptors (Lipinski definition) is 4. The van der Waals surface area contributed by atoms with Gasteiger partial charge in [0, 0.05) is 31.1 Å². The number of aromatic nitrogens is 2. The van der Waals surface area contributed by atoms with Gasteiger partial charge >= 0.3 is 0 Å². The minimum absolute atomic E-state index is 0.328. The Hall–Kier alpha value is -0.520. The molecular formula is C10H12BrN3O. The molecule has 3 rings (SSSR count). The summed E-state index contributed by atoms with van der Waals surface area (Å²) in [6, 6.07) is 0. The number of hydrogen-bond donors (Lipinski definition) is 1. The van der Waals surface area contributed by atoms with Crippen molar-refractivity contribution in [3.63, 3.8) is 0 Å². The third kappa shape index (κ3) is 1.58. The van der Waals surface area contributed by atoms with Crippen molar-refractivity contribution >= 4 is 15.9 Å². The Balaban J connectivity index is 1.68. The first-order valence-corrected chi connectivity index (χ1v) is 5.87. The molecule has 2 fully saturated rings. The lowest BCUT2D eigenvalue weighted by atomic mass is 9.71. The first-order valence-electron chi connectivity index (χ1n) is 5.07. The highest BCUT2D eigenvalue weighted by atomic mass is 79.9. The van der Waals surface area contributed by atoms with E-state index in [1.54, 1.807) is 6.20 Å². The van der Waals surface area contributed by atoms with Crippen LogP contribution in [0.5, 0.6) is 0 Å². The van der Waals surface area contributed by atoms with Crippen molar-refractivity contribution in [2.75, 3.05) is 19.7 Å². The molecular weight excluding hydrogens is 258 g/mol. The molecule has 5 heteroatoms. The Morgan fingerprint density at radius 2 is 2.33 bits per heavy atom. The highest BCUT2D eigenvalue weighted by molar-refractivity contribution is 9.10. The molecule has 0 aromatic carbocycles. The van der Waals surface area contributed by atoms with Gasteiger partial charge in [-0.2, -0.15) is 0 Å². The predicted octanol–water partition coefficient (Wildman–Crippen LogP) is 0.770. The first kappa shape index (κ1) is 9.69. The van der Waals surface area contributed by atoms with Crippen LogP contribution >= 0.6 is 15.9 Å². The van der Waals surface area contributed by atoms with Gasteiger partial charge in [0.15, 0.2) is 0 Å². The van der Waals surface area contributed by atoms with Crippen LogP contribution in [0.25, 0.3) is 0 Å². The maximum absolute atomic E-state index is 5.60. The van der Waals surface area contributed by atoms with Gasteiger partial charge in [0.05, 0.1) is 24.6 Å². The normalized spacial score (nSPS) is 27.1. The van der Waals surface area contributed by atoms with Crippen LogP contribution in [0.15, 0.2) is 17.0 Å². The van der Waals surface area contributed by atoms with E-state index in [0.29, 0.717) is 11.5 Å². The van der Waals surface area contributed by atoms with Crippen molar-refractivity contribution in [3.8, 4) is 0 Å². The molecule has 2 aliphatic heterocycles. The molecule has 1 atom stereocenters. The van der Waals surface area contributed by atoms with Crippen molar-refractivity contribution in [1.82, 2.24) is 15.3 Å². The fraction of sp³-hybridized carbons (Fsp3) is 0.600. The lowest BCUT2D eigenvalue weighted by molar-refractivity contribution is -0.207. The summed E-state index contributed by atoms with van der Waals surface area (Å²) < 4.78 is 6.38. The summed E-state index contributed by atoms with van der Waals surface area (Å²) in [6.07, 6.45) is 4.75. The molecule has 1 aromatic heterocycles. The van der Waals surface area contributed by atoms with Gasteiger partial charge in [-0.05, 0) is 15.9 Å². The molecule has 4 nitrogen and oxygen atoms in total. The van der Waals surface area contributed by atoms with Gasteiger partial charge < -0.3 is 10.1 Å². The molecule has 1 unspecified atom stereocenters.